The smallest absolute Gasteiger partial charge is 0.169 e. The third-order valence-electron chi connectivity index (χ3n) is 5.21. The van der Waals surface area contributed by atoms with Crippen LogP contribution < -0.4 is 5.32 Å². The summed E-state index contributed by atoms with van der Waals surface area (Å²) in [6, 6.07) is 14.7. The van der Waals surface area contributed by atoms with Crippen LogP contribution in [0.3, 0.4) is 0 Å². The zero-order chi connectivity index (χ0) is 19.1. The van der Waals surface area contributed by atoms with E-state index in [1.807, 2.05) is 25.2 Å². The number of benzene rings is 1. The van der Waals surface area contributed by atoms with Gasteiger partial charge in [-0.05, 0) is 74.1 Å². The highest BCUT2D eigenvalue weighted by atomic mass is 32.1. The molecule has 1 fully saturated rings. The monoisotopic (exact) mass is 380 g/mol. The fourth-order valence-electron chi connectivity index (χ4n) is 3.92. The molecule has 3 heterocycles. The lowest BCUT2D eigenvalue weighted by atomic mass is 9.97. The molecule has 1 saturated heterocycles. The predicted molar refractivity (Wildman–Crippen MR) is 108 cm³/mol. The van der Waals surface area contributed by atoms with Crippen molar-refractivity contribution in [2.45, 2.75) is 25.9 Å². The second kappa shape index (κ2) is 6.78. The van der Waals surface area contributed by atoms with Gasteiger partial charge in [-0.15, -0.1) is 0 Å². The number of halogens is 1. The van der Waals surface area contributed by atoms with Crippen molar-refractivity contribution in [1.82, 2.24) is 19.8 Å². The molecule has 4 nitrogen and oxygen atoms in total. The molecule has 3 aromatic rings. The van der Waals surface area contributed by atoms with E-state index in [1.54, 1.807) is 18.3 Å². The molecule has 6 heteroatoms. The van der Waals surface area contributed by atoms with Gasteiger partial charge in [0.15, 0.2) is 5.11 Å². The average molecular weight is 380 g/mol. The van der Waals surface area contributed by atoms with Gasteiger partial charge in [-0.1, -0.05) is 6.07 Å². The van der Waals surface area contributed by atoms with E-state index in [-0.39, 0.29) is 17.9 Å². The Hall–Kier alpha value is -2.73. The van der Waals surface area contributed by atoms with Crippen molar-refractivity contribution in [2.24, 2.45) is 0 Å². The summed E-state index contributed by atoms with van der Waals surface area (Å²) in [7, 11) is 2.01. The Kier molecular flexibility index (Phi) is 4.44. The molecule has 0 amide bonds. The maximum atomic E-state index is 13.3. The Morgan fingerprint density at radius 2 is 1.85 bits per heavy atom. The number of aromatic nitrogens is 2. The third-order valence-corrected chi connectivity index (χ3v) is 5.62. The van der Waals surface area contributed by atoms with E-state index in [0.29, 0.717) is 5.11 Å². The first-order chi connectivity index (χ1) is 13.0. The van der Waals surface area contributed by atoms with Gasteiger partial charge in [-0.25, -0.2) is 4.39 Å². The van der Waals surface area contributed by atoms with Crippen LogP contribution in [0, 0.1) is 19.7 Å². The van der Waals surface area contributed by atoms with E-state index < -0.39 is 0 Å². The van der Waals surface area contributed by atoms with Crippen LogP contribution in [0.2, 0.25) is 0 Å². The van der Waals surface area contributed by atoms with Crippen LogP contribution in [0.5, 0.6) is 0 Å². The molecule has 1 N–H and O–H groups in total. The Bertz CT molecular complexity index is 981. The number of thiocarbonyl (C=S) groups is 1. The second-order valence-electron chi connectivity index (χ2n) is 6.88. The van der Waals surface area contributed by atoms with Gasteiger partial charge >= 0.3 is 0 Å². The van der Waals surface area contributed by atoms with Crippen LogP contribution in [-0.4, -0.2) is 26.6 Å². The van der Waals surface area contributed by atoms with Crippen LogP contribution in [0.25, 0.3) is 5.69 Å². The highest BCUT2D eigenvalue weighted by molar-refractivity contribution is 7.80. The lowest BCUT2D eigenvalue weighted by molar-refractivity contribution is 0.367. The molecule has 0 radical (unpaired) electrons. The fourth-order valence-corrected chi connectivity index (χ4v) is 4.16. The topological polar surface area (TPSA) is 33.1 Å². The second-order valence-corrected chi connectivity index (χ2v) is 7.26. The Morgan fingerprint density at radius 3 is 2.52 bits per heavy atom. The quantitative estimate of drug-likeness (QED) is 0.690. The van der Waals surface area contributed by atoms with Crippen LogP contribution in [0.15, 0.2) is 54.7 Å². The minimum absolute atomic E-state index is 0.0223. The number of pyridine rings is 1. The molecule has 1 aliphatic heterocycles. The summed E-state index contributed by atoms with van der Waals surface area (Å²) in [5.41, 5.74) is 5.30. The minimum atomic E-state index is -0.235. The van der Waals surface area contributed by atoms with Gasteiger partial charge in [0, 0.05) is 30.3 Å². The summed E-state index contributed by atoms with van der Waals surface area (Å²) in [5, 5.41) is 4.12. The first kappa shape index (κ1) is 17.7. The molecule has 0 saturated carbocycles. The molecule has 138 valence electrons. The van der Waals surface area contributed by atoms with Crippen molar-refractivity contribution >= 4 is 17.3 Å². The van der Waals surface area contributed by atoms with Crippen molar-refractivity contribution < 1.29 is 4.39 Å². The van der Waals surface area contributed by atoms with Gasteiger partial charge in [0.2, 0.25) is 0 Å². The molecule has 0 unspecified atom stereocenters. The molecule has 1 aliphatic rings. The highest BCUT2D eigenvalue weighted by Gasteiger charge is 2.39. The molecule has 0 spiro atoms. The maximum Gasteiger partial charge on any atom is 0.169 e. The average Bonchev–Trinajstić information content (AvgIpc) is 3.12. The molecule has 4 rings (SSSR count). The van der Waals surface area contributed by atoms with Gasteiger partial charge in [-0.3, -0.25) is 4.98 Å². The molecule has 1 aromatic carbocycles. The SMILES string of the molecule is Cc1cc([C@@H]2[C@H](c3ccccn3)NC(=S)N2C)c(C)n1-c1ccc(F)cc1. The van der Waals surface area contributed by atoms with Crippen molar-refractivity contribution in [3.05, 3.63) is 83.2 Å². The van der Waals surface area contributed by atoms with E-state index in [9.17, 15) is 4.39 Å². The van der Waals surface area contributed by atoms with E-state index in [1.165, 1.54) is 17.7 Å². The Morgan fingerprint density at radius 1 is 1.11 bits per heavy atom. The minimum Gasteiger partial charge on any atom is -0.352 e. The molecule has 0 bridgehead atoms. The maximum absolute atomic E-state index is 13.3. The zero-order valence-electron chi connectivity index (χ0n) is 15.5. The summed E-state index contributed by atoms with van der Waals surface area (Å²) in [6.07, 6.45) is 1.80. The lowest BCUT2D eigenvalue weighted by Crippen LogP contribution is -2.25. The van der Waals surface area contributed by atoms with E-state index in [0.717, 1.165) is 22.8 Å². The number of likely N-dealkylation sites (N-methyl/N-ethyl adjacent to an activating group) is 1. The molecular formula is C21H21FN4S. The van der Waals surface area contributed by atoms with Gasteiger partial charge in [-0.2, -0.15) is 0 Å². The number of rotatable bonds is 3. The number of aryl methyl sites for hydroxylation is 1. The summed E-state index contributed by atoms with van der Waals surface area (Å²) in [5.74, 6) is -0.235. The molecule has 27 heavy (non-hydrogen) atoms. The third kappa shape index (κ3) is 3.00. The Balaban J connectivity index is 1.81. The highest BCUT2D eigenvalue weighted by Crippen LogP contribution is 2.40. The molecule has 2 aromatic heterocycles. The van der Waals surface area contributed by atoms with Gasteiger partial charge in [0.25, 0.3) is 0 Å². The van der Waals surface area contributed by atoms with Crippen LogP contribution in [0.1, 0.15) is 34.7 Å². The van der Waals surface area contributed by atoms with Crippen molar-refractivity contribution in [3.8, 4) is 5.69 Å². The predicted octanol–water partition coefficient (Wildman–Crippen LogP) is 4.23. The molecular weight excluding hydrogens is 359 g/mol. The number of hydrogen-bond donors (Lipinski definition) is 1. The first-order valence-electron chi connectivity index (χ1n) is 8.86. The normalized spacial score (nSPS) is 19.4. The number of nitrogens with zero attached hydrogens (tertiary/aromatic N) is 3. The van der Waals surface area contributed by atoms with Crippen LogP contribution in [0.4, 0.5) is 4.39 Å². The fraction of sp³-hybridized carbons (Fsp3) is 0.238. The number of nitrogens with one attached hydrogen (secondary N) is 1. The summed E-state index contributed by atoms with van der Waals surface area (Å²) in [4.78, 5) is 6.62. The summed E-state index contributed by atoms with van der Waals surface area (Å²) in [6.45, 7) is 4.16. The largest absolute Gasteiger partial charge is 0.352 e. The van der Waals surface area contributed by atoms with Gasteiger partial charge in [0.1, 0.15) is 5.82 Å². The molecule has 0 aliphatic carbocycles. The lowest BCUT2D eigenvalue weighted by Gasteiger charge is -2.24. The van der Waals surface area contributed by atoms with E-state index in [2.05, 4.69) is 39.7 Å². The van der Waals surface area contributed by atoms with E-state index in [4.69, 9.17) is 12.2 Å². The van der Waals surface area contributed by atoms with Crippen LogP contribution in [-0.2, 0) is 0 Å². The summed E-state index contributed by atoms with van der Waals surface area (Å²) < 4.78 is 15.5. The summed E-state index contributed by atoms with van der Waals surface area (Å²) >= 11 is 5.53. The first-order valence-corrected chi connectivity index (χ1v) is 9.27. The zero-order valence-corrected chi connectivity index (χ0v) is 16.3. The van der Waals surface area contributed by atoms with Crippen molar-refractivity contribution in [2.75, 3.05) is 7.05 Å². The van der Waals surface area contributed by atoms with Gasteiger partial charge in [0.05, 0.1) is 17.8 Å². The number of hydrogen-bond acceptors (Lipinski definition) is 2. The molecule has 2 atom stereocenters. The Labute approximate surface area is 163 Å². The van der Waals surface area contributed by atoms with E-state index >= 15 is 0 Å². The van der Waals surface area contributed by atoms with Crippen molar-refractivity contribution in [1.29, 1.82) is 0 Å². The van der Waals surface area contributed by atoms with Crippen LogP contribution >= 0.6 is 12.2 Å². The standard InChI is InChI=1S/C21H21FN4S/c1-13-12-17(14(2)26(13)16-9-7-15(22)8-10-16)20-19(24-21(27)25(20)3)18-6-4-5-11-23-18/h4-12,19-20H,1-3H3,(H,24,27)/t19-,20+/m0/s1. The van der Waals surface area contributed by atoms with Crippen molar-refractivity contribution in [3.63, 3.8) is 0 Å². The van der Waals surface area contributed by atoms with Gasteiger partial charge < -0.3 is 14.8 Å².